The molecule has 1 unspecified atom stereocenters. The number of nitrogens with two attached hydrogens (primary N) is 1. The molecule has 0 saturated heterocycles. The average Bonchev–Trinajstić information content (AvgIpc) is 2.54. The van der Waals surface area contributed by atoms with Gasteiger partial charge in [-0.1, -0.05) is 30.3 Å². The van der Waals surface area contributed by atoms with Crippen LogP contribution in [0.15, 0.2) is 42.5 Å². The van der Waals surface area contributed by atoms with Crippen molar-refractivity contribution in [2.24, 2.45) is 5.73 Å². The maximum atomic E-state index is 6.04. The fraction of sp³-hybridized carbons (Fsp3) is 0.353. The SMILES string of the molecule is CCOc1cccc(N2CCc3ccccc3C2CN)n1. The van der Waals surface area contributed by atoms with E-state index in [0.717, 1.165) is 18.8 Å². The van der Waals surface area contributed by atoms with E-state index < -0.39 is 0 Å². The summed E-state index contributed by atoms with van der Waals surface area (Å²) in [6.45, 7) is 4.10. The number of nitrogens with zero attached hydrogens (tertiary/aromatic N) is 2. The molecule has 0 bridgehead atoms. The largest absolute Gasteiger partial charge is 0.478 e. The van der Waals surface area contributed by atoms with Gasteiger partial charge in [-0.25, -0.2) is 0 Å². The van der Waals surface area contributed by atoms with Crippen molar-refractivity contribution < 1.29 is 4.74 Å². The third-order valence-electron chi connectivity index (χ3n) is 3.93. The van der Waals surface area contributed by atoms with E-state index in [-0.39, 0.29) is 6.04 Å². The van der Waals surface area contributed by atoms with Gasteiger partial charge in [0.15, 0.2) is 0 Å². The summed E-state index contributed by atoms with van der Waals surface area (Å²) >= 11 is 0. The monoisotopic (exact) mass is 283 g/mol. The number of fused-ring (bicyclic) bond motifs is 1. The molecule has 0 aliphatic carbocycles. The van der Waals surface area contributed by atoms with Gasteiger partial charge in [-0.05, 0) is 30.5 Å². The molecule has 0 radical (unpaired) electrons. The molecule has 3 rings (SSSR count). The molecule has 1 aromatic heterocycles. The van der Waals surface area contributed by atoms with Crippen molar-refractivity contribution in [3.05, 3.63) is 53.6 Å². The van der Waals surface area contributed by atoms with Crippen molar-refractivity contribution in [1.29, 1.82) is 0 Å². The van der Waals surface area contributed by atoms with E-state index in [1.165, 1.54) is 11.1 Å². The Labute approximate surface area is 125 Å². The maximum absolute atomic E-state index is 6.04. The van der Waals surface area contributed by atoms with Crippen LogP contribution in [0.4, 0.5) is 5.82 Å². The van der Waals surface area contributed by atoms with Gasteiger partial charge in [0.2, 0.25) is 5.88 Å². The van der Waals surface area contributed by atoms with Gasteiger partial charge >= 0.3 is 0 Å². The number of rotatable bonds is 4. The highest BCUT2D eigenvalue weighted by Gasteiger charge is 2.27. The lowest BCUT2D eigenvalue weighted by Gasteiger charge is -2.37. The van der Waals surface area contributed by atoms with Crippen LogP contribution in [0.1, 0.15) is 24.1 Å². The fourth-order valence-electron chi connectivity index (χ4n) is 2.97. The first-order chi connectivity index (χ1) is 10.3. The number of hydrogen-bond donors (Lipinski definition) is 1. The van der Waals surface area contributed by atoms with E-state index in [9.17, 15) is 0 Å². The lowest BCUT2D eigenvalue weighted by Crippen LogP contribution is -2.39. The van der Waals surface area contributed by atoms with Crippen LogP contribution in [0, 0.1) is 0 Å². The van der Waals surface area contributed by atoms with Crippen LogP contribution in [-0.2, 0) is 6.42 Å². The Hall–Kier alpha value is -2.07. The predicted molar refractivity (Wildman–Crippen MR) is 84.7 cm³/mol. The van der Waals surface area contributed by atoms with E-state index in [4.69, 9.17) is 10.5 Å². The Bertz CT molecular complexity index is 614. The van der Waals surface area contributed by atoms with Crippen molar-refractivity contribution in [1.82, 2.24) is 4.98 Å². The Morgan fingerprint density at radius 1 is 1.24 bits per heavy atom. The second-order valence-electron chi connectivity index (χ2n) is 5.16. The number of ether oxygens (including phenoxy) is 1. The van der Waals surface area contributed by atoms with Crippen LogP contribution >= 0.6 is 0 Å². The summed E-state index contributed by atoms with van der Waals surface area (Å²) < 4.78 is 5.51. The van der Waals surface area contributed by atoms with E-state index in [1.54, 1.807) is 0 Å². The van der Waals surface area contributed by atoms with Crippen LogP contribution in [0.5, 0.6) is 5.88 Å². The molecule has 2 aromatic rings. The fourth-order valence-corrected chi connectivity index (χ4v) is 2.97. The van der Waals surface area contributed by atoms with Crippen molar-refractivity contribution in [3.63, 3.8) is 0 Å². The van der Waals surface area contributed by atoms with Gasteiger partial charge in [0.05, 0.1) is 12.6 Å². The van der Waals surface area contributed by atoms with Crippen molar-refractivity contribution >= 4 is 5.82 Å². The number of hydrogen-bond acceptors (Lipinski definition) is 4. The molecule has 0 saturated carbocycles. The zero-order valence-corrected chi connectivity index (χ0v) is 12.3. The normalized spacial score (nSPS) is 17.4. The highest BCUT2D eigenvalue weighted by atomic mass is 16.5. The average molecular weight is 283 g/mol. The Morgan fingerprint density at radius 2 is 2.10 bits per heavy atom. The summed E-state index contributed by atoms with van der Waals surface area (Å²) in [6, 6.07) is 14.6. The van der Waals surface area contributed by atoms with E-state index >= 15 is 0 Å². The molecular weight excluding hydrogens is 262 g/mol. The predicted octanol–water partition coefficient (Wildman–Crippen LogP) is 2.54. The minimum Gasteiger partial charge on any atom is -0.478 e. The van der Waals surface area contributed by atoms with Crippen LogP contribution in [0.2, 0.25) is 0 Å². The van der Waals surface area contributed by atoms with Gasteiger partial charge < -0.3 is 15.4 Å². The first-order valence-electron chi connectivity index (χ1n) is 7.48. The van der Waals surface area contributed by atoms with E-state index in [2.05, 4.69) is 34.1 Å². The summed E-state index contributed by atoms with van der Waals surface area (Å²) in [4.78, 5) is 6.89. The van der Waals surface area contributed by atoms with Crippen molar-refractivity contribution in [2.45, 2.75) is 19.4 Å². The highest BCUT2D eigenvalue weighted by Crippen LogP contribution is 2.32. The van der Waals surface area contributed by atoms with Crippen LogP contribution in [0.3, 0.4) is 0 Å². The maximum Gasteiger partial charge on any atom is 0.215 e. The third-order valence-corrected chi connectivity index (χ3v) is 3.93. The van der Waals surface area contributed by atoms with Gasteiger partial charge in [0.25, 0.3) is 0 Å². The van der Waals surface area contributed by atoms with Gasteiger partial charge in [-0.2, -0.15) is 4.98 Å². The molecule has 1 aliphatic rings. The lowest BCUT2D eigenvalue weighted by atomic mass is 9.92. The zero-order valence-electron chi connectivity index (χ0n) is 12.3. The van der Waals surface area contributed by atoms with Crippen LogP contribution in [0.25, 0.3) is 0 Å². The molecule has 4 nitrogen and oxygen atoms in total. The van der Waals surface area contributed by atoms with Crippen molar-refractivity contribution in [3.8, 4) is 5.88 Å². The minimum atomic E-state index is 0.180. The van der Waals surface area contributed by atoms with Gasteiger partial charge in [0.1, 0.15) is 5.82 Å². The molecule has 2 heterocycles. The molecule has 110 valence electrons. The summed E-state index contributed by atoms with van der Waals surface area (Å²) in [5.41, 5.74) is 8.75. The molecule has 4 heteroatoms. The van der Waals surface area contributed by atoms with Crippen LogP contribution in [-0.4, -0.2) is 24.7 Å². The smallest absolute Gasteiger partial charge is 0.215 e. The molecule has 0 amide bonds. The third kappa shape index (κ3) is 2.72. The summed E-state index contributed by atoms with van der Waals surface area (Å²) in [5, 5.41) is 0. The zero-order chi connectivity index (χ0) is 14.7. The molecule has 1 atom stereocenters. The van der Waals surface area contributed by atoms with E-state index in [1.807, 2.05) is 25.1 Å². The van der Waals surface area contributed by atoms with Gasteiger partial charge in [-0.3, -0.25) is 0 Å². The molecule has 0 fully saturated rings. The standard InChI is InChI=1S/C17H21N3O/c1-2-21-17-9-5-8-16(19-17)20-11-10-13-6-3-4-7-14(13)15(20)12-18/h3-9,15H,2,10-12,18H2,1H3. The second kappa shape index (κ2) is 6.14. The number of aromatic nitrogens is 1. The molecule has 0 spiro atoms. The lowest BCUT2D eigenvalue weighted by molar-refractivity contribution is 0.326. The molecule has 2 N–H and O–H groups in total. The Morgan fingerprint density at radius 3 is 2.90 bits per heavy atom. The Kier molecular flexibility index (Phi) is 4.06. The quantitative estimate of drug-likeness (QED) is 0.937. The number of pyridine rings is 1. The first-order valence-corrected chi connectivity index (χ1v) is 7.48. The highest BCUT2D eigenvalue weighted by molar-refractivity contribution is 5.48. The Balaban J connectivity index is 1.94. The summed E-state index contributed by atoms with van der Waals surface area (Å²) in [7, 11) is 0. The topological polar surface area (TPSA) is 51.4 Å². The summed E-state index contributed by atoms with van der Waals surface area (Å²) in [5.74, 6) is 1.61. The first kappa shape index (κ1) is 13.9. The molecule has 1 aromatic carbocycles. The van der Waals surface area contributed by atoms with Crippen LogP contribution < -0.4 is 15.4 Å². The summed E-state index contributed by atoms with van der Waals surface area (Å²) in [6.07, 6.45) is 1.02. The number of benzene rings is 1. The molecule has 1 aliphatic heterocycles. The van der Waals surface area contributed by atoms with E-state index in [0.29, 0.717) is 19.0 Å². The second-order valence-corrected chi connectivity index (χ2v) is 5.16. The molecule has 21 heavy (non-hydrogen) atoms. The van der Waals surface area contributed by atoms with Crippen molar-refractivity contribution in [2.75, 3.05) is 24.6 Å². The minimum absolute atomic E-state index is 0.180. The molecular formula is C17H21N3O. The number of anilines is 1. The van der Waals surface area contributed by atoms with Gasteiger partial charge in [-0.15, -0.1) is 0 Å². The van der Waals surface area contributed by atoms with Gasteiger partial charge in [0, 0.05) is 19.2 Å².